The van der Waals surface area contributed by atoms with Crippen molar-refractivity contribution in [2.45, 2.75) is 27.2 Å². The van der Waals surface area contributed by atoms with E-state index in [-0.39, 0.29) is 11.7 Å². The fraction of sp³-hybridized carbons (Fsp3) is 0.103. The van der Waals surface area contributed by atoms with Crippen molar-refractivity contribution in [2.24, 2.45) is 5.10 Å². The predicted molar refractivity (Wildman–Crippen MR) is 185 cm³/mol. The Morgan fingerprint density at radius 2 is 1.57 bits per heavy atom. The zero-order valence-corrected chi connectivity index (χ0v) is 25.9. The Morgan fingerprint density at radius 1 is 0.804 bits per heavy atom. The Labute approximate surface area is 266 Å². The number of anilines is 2. The van der Waals surface area contributed by atoms with Gasteiger partial charge in [0, 0.05) is 16.8 Å². The second-order valence-electron chi connectivity index (χ2n) is 11.6. The van der Waals surface area contributed by atoms with Crippen LogP contribution in [-0.4, -0.2) is 20.6 Å². The molecule has 1 amide bonds. The molecule has 0 atom stereocenters. The van der Waals surface area contributed by atoms with Gasteiger partial charge in [0.05, 0.1) is 34.2 Å². The van der Waals surface area contributed by atoms with E-state index in [1.807, 2.05) is 118 Å². The number of phenols is 1. The number of fused-ring (bicyclic) bond motifs is 3. The number of para-hydroxylation sites is 1. The van der Waals surface area contributed by atoms with Crippen molar-refractivity contribution in [3.05, 3.63) is 143 Å². The molecule has 0 bridgehead atoms. The van der Waals surface area contributed by atoms with Gasteiger partial charge < -0.3 is 15.0 Å². The normalized spacial score (nSPS) is 11.8. The monoisotopic (exact) mass is 603 g/mol. The first-order valence-electron chi connectivity index (χ1n) is 15.2. The average molecular weight is 604 g/mol. The van der Waals surface area contributed by atoms with E-state index in [1.165, 1.54) is 0 Å². The first-order chi connectivity index (χ1) is 22.4. The van der Waals surface area contributed by atoms with Crippen LogP contribution in [0.1, 0.15) is 22.3 Å². The summed E-state index contributed by atoms with van der Waals surface area (Å²) in [6.45, 7) is 6.01. The summed E-state index contributed by atoms with van der Waals surface area (Å²) in [5, 5.41) is 21.2. The zero-order valence-electron chi connectivity index (χ0n) is 25.9. The van der Waals surface area contributed by atoms with Crippen LogP contribution in [0.5, 0.6) is 5.75 Å². The van der Waals surface area contributed by atoms with E-state index >= 15 is 0 Å². The number of aromatic hydroxyl groups is 1. The van der Waals surface area contributed by atoms with Gasteiger partial charge in [-0.15, -0.1) is 0 Å². The zero-order chi connectivity index (χ0) is 31.8. The third kappa shape index (κ3) is 5.43. The highest BCUT2D eigenvalue weighted by atomic mass is 16.3. The number of phenolic OH excluding ortho intramolecular Hbond substituents is 1. The van der Waals surface area contributed by atoms with Crippen LogP contribution in [-0.2, 0) is 11.2 Å². The molecule has 2 aliphatic rings. The molecule has 1 aliphatic carbocycles. The van der Waals surface area contributed by atoms with E-state index in [2.05, 4.69) is 27.4 Å². The molecule has 0 unspecified atom stereocenters. The second-order valence-corrected chi connectivity index (χ2v) is 11.6. The van der Waals surface area contributed by atoms with Crippen LogP contribution in [0, 0.1) is 20.8 Å². The molecule has 0 saturated carbocycles. The summed E-state index contributed by atoms with van der Waals surface area (Å²) in [5.41, 5.74) is 12.7. The van der Waals surface area contributed by atoms with Crippen LogP contribution in [0.2, 0.25) is 0 Å². The SMILES string of the molecule is Cc1ccccc1CC(=O)Nc1cc2c(cc1C)nc1cc(C)c(=NNc3c(O)ccc4ccccc34)cc-1n2-c1ccccc1. The molecule has 46 heavy (non-hydrogen) atoms. The number of carbonyl (C=O) groups excluding carboxylic acids is 1. The summed E-state index contributed by atoms with van der Waals surface area (Å²) in [6, 6.07) is 37.5. The number of nitrogens with one attached hydrogen (secondary N) is 2. The quantitative estimate of drug-likeness (QED) is 0.102. The highest BCUT2D eigenvalue weighted by Crippen LogP contribution is 2.34. The summed E-state index contributed by atoms with van der Waals surface area (Å²) in [4.78, 5) is 18.3. The summed E-state index contributed by atoms with van der Waals surface area (Å²) in [6.07, 6.45) is 0.294. The lowest BCUT2D eigenvalue weighted by Gasteiger charge is -2.21. The van der Waals surface area contributed by atoms with E-state index < -0.39 is 0 Å². The van der Waals surface area contributed by atoms with E-state index in [0.717, 1.165) is 66.8 Å². The molecule has 1 heterocycles. The molecule has 0 aromatic heterocycles. The van der Waals surface area contributed by atoms with Gasteiger partial charge in [-0.3, -0.25) is 10.2 Å². The molecule has 7 rings (SSSR count). The fourth-order valence-corrected chi connectivity index (χ4v) is 5.93. The van der Waals surface area contributed by atoms with Gasteiger partial charge in [0.1, 0.15) is 11.4 Å². The largest absolute Gasteiger partial charge is 0.506 e. The fourth-order valence-electron chi connectivity index (χ4n) is 5.93. The topological polar surface area (TPSA) is 91.5 Å². The van der Waals surface area contributed by atoms with Gasteiger partial charge in [0.15, 0.2) is 0 Å². The van der Waals surface area contributed by atoms with Crippen LogP contribution >= 0.6 is 0 Å². The van der Waals surface area contributed by atoms with Gasteiger partial charge in [0.25, 0.3) is 0 Å². The molecule has 5 aromatic carbocycles. The van der Waals surface area contributed by atoms with Gasteiger partial charge in [0.2, 0.25) is 5.91 Å². The minimum atomic E-state index is -0.0729. The summed E-state index contributed by atoms with van der Waals surface area (Å²) < 4.78 is 2.15. The maximum atomic E-state index is 13.2. The Balaban J connectivity index is 1.37. The molecule has 5 aromatic rings. The van der Waals surface area contributed by atoms with Crippen molar-refractivity contribution in [3.8, 4) is 22.8 Å². The van der Waals surface area contributed by atoms with Crippen LogP contribution in [0.15, 0.2) is 120 Å². The van der Waals surface area contributed by atoms with E-state index in [1.54, 1.807) is 6.07 Å². The summed E-state index contributed by atoms with van der Waals surface area (Å²) >= 11 is 0. The van der Waals surface area contributed by atoms with Crippen LogP contribution < -0.4 is 16.1 Å². The third-order valence-corrected chi connectivity index (χ3v) is 8.43. The molecule has 1 aliphatic heterocycles. The van der Waals surface area contributed by atoms with Crippen molar-refractivity contribution in [3.63, 3.8) is 0 Å². The van der Waals surface area contributed by atoms with Crippen LogP contribution in [0.25, 0.3) is 38.9 Å². The molecule has 0 saturated heterocycles. The van der Waals surface area contributed by atoms with Gasteiger partial charge in [-0.1, -0.05) is 72.8 Å². The first-order valence-corrected chi connectivity index (χ1v) is 15.2. The molecule has 7 nitrogen and oxygen atoms in total. The number of hydrogen-bond donors (Lipinski definition) is 3. The molecule has 0 fully saturated rings. The lowest BCUT2D eigenvalue weighted by molar-refractivity contribution is -0.115. The molecule has 7 heteroatoms. The number of carbonyl (C=O) groups is 1. The predicted octanol–water partition coefficient (Wildman–Crippen LogP) is 8.02. The highest BCUT2D eigenvalue weighted by molar-refractivity contribution is 5.97. The average Bonchev–Trinajstić information content (AvgIpc) is 3.05. The van der Waals surface area contributed by atoms with Gasteiger partial charge in [-0.25, -0.2) is 4.98 Å². The molecule has 0 radical (unpaired) electrons. The molecule has 0 spiro atoms. The first kappa shape index (κ1) is 28.8. The number of rotatable bonds is 6. The van der Waals surface area contributed by atoms with Gasteiger partial charge >= 0.3 is 0 Å². The minimum absolute atomic E-state index is 0.0729. The van der Waals surface area contributed by atoms with Gasteiger partial charge in [-0.05, 0) is 90.9 Å². The number of amides is 1. The van der Waals surface area contributed by atoms with Crippen LogP contribution in [0.3, 0.4) is 0 Å². The number of aromatic nitrogens is 2. The smallest absolute Gasteiger partial charge is 0.228 e. The van der Waals surface area contributed by atoms with E-state index in [0.29, 0.717) is 17.5 Å². The standard InChI is InChI=1S/C39H33N5O2/c1-24-11-7-8-13-28(24)21-38(46)41-31-22-35-33(19-25(31)2)40-34-20-26(3)32(23-36(34)44(35)29-14-5-4-6-15-29)42-43-39-30-16-10-9-12-27(30)17-18-37(39)45/h4-20,22-23,43,45H,21H2,1-3H3,(H,41,46). The summed E-state index contributed by atoms with van der Waals surface area (Å²) in [5.74, 6) is 0.0523. The molecule has 226 valence electrons. The molecular weight excluding hydrogens is 570 g/mol. The lowest BCUT2D eigenvalue weighted by atomic mass is 10.0. The van der Waals surface area contributed by atoms with Crippen LogP contribution in [0.4, 0.5) is 11.4 Å². The van der Waals surface area contributed by atoms with Crippen molar-refractivity contribution in [1.82, 2.24) is 9.55 Å². The highest BCUT2D eigenvalue weighted by Gasteiger charge is 2.18. The molecular formula is C39H33N5O2. The number of benzene rings is 6. The Kier molecular flexibility index (Phi) is 7.42. The minimum Gasteiger partial charge on any atom is -0.506 e. The van der Waals surface area contributed by atoms with Crippen molar-refractivity contribution < 1.29 is 9.90 Å². The Bertz CT molecular complexity index is 2310. The van der Waals surface area contributed by atoms with Crippen molar-refractivity contribution in [1.29, 1.82) is 0 Å². The number of hydrogen-bond acceptors (Lipinski definition) is 5. The lowest BCUT2D eigenvalue weighted by Crippen LogP contribution is -2.17. The third-order valence-electron chi connectivity index (χ3n) is 8.43. The second kappa shape index (κ2) is 11.9. The number of aryl methyl sites for hydroxylation is 3. The van der Waals surface area contributed by atoms with E-state index in [4.69, 9.17) is 10.1 Å². The van der Waals surface area contributed by atoms with Crippen molar-refractivity contribution >= 4 is 39.1 Å². The maximum absolute atomic E-state index is 13.2. The maximum Gasteiger partial charge on any atom is 0.228 e. The number of nitrogens with zero attached hydrogens (tertiary/aromatic N) is 3. The Morgan fingerprint density at radius 3 is 2.39 bits per heavy atom. The van der Waals surface area contributed by atoms with Crippen molar-refractivity contribution in [2.75, 3.05) is 10.7 Å². The molecule has 3 N–H and O–H groups in total. The van der Waals surface area contributed by atoms with Gasteiger partial charge in [-0.2, -0.15) is 5.10 Å². The van der Waals surface area contributed by atoms with E-state index in [9.17, 15) is 9.90 Å². The Hall–Kier alpha value is -5.95. The summed E-state index contributed by atoms with van der Waals surface area (Å²) in [7, 11) is 0.